The van der Waals surface area contributed by atoms with Crippen LogP contribution in [0.25, 0.3) is 6.08 Å². The molecule has 1 aliphatic rings. The number of carbonyl (C=O) groups excluding carboxylic acids is 3. The summed E-state index contributed by atoms with van der Waals surface area (Å²) >= 11 is 3.44. The van der Waals surface area contributed by atoms with Crippen molar-refractivity contribution >= 4 is 45.5 Å². The second kappa shape index (κ2) is 10.0. The van der Waals surface area contributed by atoms with Crippen molar-refractivity contribution in [2.45, 2.75) is 20.0 Å². The number of hydrogen-bond donors (Lipinski definition) is 1. The average molecular weight is 523 g/mol. The number of carbonyl (C=O) groups is 3. The highest BCUT2D eigenvalue weighted by molar-refractivity contribution is 9.10. The second-order valence-corrected chi connectivity index (χ2v) is 8.40. The number of aryl methyl sites for hydroxylation is 1. The Balaban J connectivity index is 1.57. The van der Waals surface area contributed by atoms with Gasteiger partial charge in [0.2, 0.25) is 0 Å². The molecule has 1 heterocycles. The number of nitrogens with one attached hydrogen (secondary N) is 1. The molecule has 8 heteroatoms. The Labute approximate surface area is 204 Å². The molecular weight excluding hydrogens is 503 g/mol. The van der Waals surface area contributed by atoms with Crippen LogP contribution in [0, 0.1) is 5.82 Å². The normalized spacial score (nSPS) is 15.0. The van der Waals surface area contributed by atoms with Gasteiger partial charge in [0.25, 0.3) is 11.8 Å². The van der Waals surface area contributed by atoms with Crippen molar-refractivity contribution in [2.75, 3.05) is 4.90 Å². The zero-order valence-electron chi connectivity index (χ0n) is 18.2. The highest BCUT2D eigenvalue weighted by Crippen LogP contribution is 2.29. The summed E-state index contributed by atoms with van der Waals surface area (Å²) < 4.78 is 19.4. The maximum Gasteiger partial charge on any atom is 0.335 e. The standard InChI is InChI=1S/C26H20BrFN2O4/c1-2-18-5-3-4-6-22(18)30-25(32)20(24(31)29-26(30)33)13-17-9-12-23(21(27)14-17)34-15-16-7-10-19(28)11-8-16/h3-14H,2,15H2,1H3,(H,29,31,33)/b20-13-. The zero-order chi connectivity index (χ0) is 24.2. The van der Waals surface area contributed by atoms with E-state index in [1.807, 2.05) is 19.1 Å². The molecule has 172 valence electrons. The van der Waals surface area contributed by atoms with E-state index in [9.17, 15) is 18.8 Å². The molecule has 1 saturated heterocycles. The first-order valence-electron chi connectivity index (χ1n) is 10.5. The molecule has 0 atom stereocenters. The van der Waals surface area contributed by atoms with Crippen molar-refractivity contribution in [3.8, 4) is 5.75 Å². The Hall–Kier alpha value is -3.78. The van der Waals surface area contributed by atoms with Crippen molar-refractivity contribution in [3.05, 3.63) is 99.3 Å². The smallest absolute Gasteiger partial charge is 0.335 e. The fourth-order valence-electron chi connectivity index (χ4n) is 3.54. The summed E-state index contributed by atoms with van der Waals surface area (Å²) in [6, 6.07) is 17.4. The van der Waals surface area contributed by atoms with Crippen molar-refractivity contribution in [2.24, 2.45) is 0 Å². The largest absolute Gasteiger partial charge is 0.488 e. The molecule has 0 unspecified atom stereocenters. The average Bonchev–Trinajstić information content (AvgIpc) is 2.82. The number of rotatable bonds is 6. The molecule has 0 aliphatic carbocycles. The summed E-state index contributed by atoms with van der Waals surface area (Å²) in [6.45, 7) is 2.17. The second-order valence-electron chi connectivity index (χ2n) is 7.55. The number of hydrogen-bond acceptors (Lipinski definition) is 4. The van der Waals surface area contributed by atoms with Crippen LogP contribution in [0.15, 0.2) is 76.8 Å². The molecule has 0 radical (unpaired) electrons. The van der Waals surface area contributed by atoms with Gasteiger partial charge in [-0.2, -0.15) is 0 Å². The van der Waals surface area contributed by atoms with Gasteiger partial charge in [0.15, 0.2) is 0 Å². The fraction of sp³-hybridized carbons (Fsp3) is 0.115. The van der Waals surface area contributed by atoms with Gasteiger partial charge in [-0.3, -0.25) is 14.9 Å². The lowest BCUT2D eigenvalue weighted by Crippen LogP contribution is -2.54. The van der Waals surface area contributed by atoms with E-state index in [2.05, 4.69) is 21.2 Å². The number of benzene rings is 3. The van der Waals surface area contributed by atoms with Crippen LogP contribution in [0.3, 0.4) is 0 Å². The van der Waals surface area contributed by atoms with E-state index < -0.39 is 17.8 Å². The van der Waals surface area contributed by atoms with E-state index in [4.69, 9.17) is 4.74 Å². The summed E-state index contributed by atoms with van der Waals surface area (Å²) in [5.41, 5.74) is 2.47. The molecule has 4 amide bonds. The lowest BCUT2D eigenvalue weighted by Gasteiger charge is -2.28. The summed E-state index contributed by atoms with van der Waals surface area (Å²) in [6.07, 6.45) is 2.05. The highest BCUT2D eigenvalue weighted by Gasteiger charge is 2.37. The first-order chi connectivity index (χ1) is 16.4. The van der Waals surface area contributed by atoms with Crippen molar-refractivity contribution in [1.29, 1.82) is 0 Å². The topological polar surface area (TPSA) is 75.7 Å². The molecule has 1 aliphatic heterocycles. The first-order valence-corrected chi connectivity index (χ1v) is 11.3. The molecule has 0 spiro atoms. The van der Waals surface area contributed by atoms with Gasteiger partial charge < -0.3 is 4.74 Å². The number of ether oxygens (including phenoxy) is 1. The van der Waals surface area contributed by atoms with E-state index in [0.717, 1.165) is 16.0 Å². The summed E-state index contributed by atoms with van der Waals surface area (Å²) in [5.74, 6) is -1.22. The molecular formula is C26H20BrFN2O4. The summed E-state index contributed by atoms with van der Waals surface area (Å²) in [4.78, 5) is 39.1. The van der Waals surface area contributed by atoms with Gasteiger partial charge in [-0.25, -0.2) is 14.1 Å². The molecule has 3 aromatic rings. The van der Waals surface area contributed by atoms with Crippen LogP contribution in [-0.4, -0.2) is 17.8 Å². The predicted molar refractivity (Wildman–Crippen MR) is 130 cm³/mol. The fourth-order valence-corrected chi connectivity index (χ4v) is 4.05. The van der Waals surface area contributed by atoms with Gasteiger partial charge >= 0.3 is 6.03 Å². The van der Waals surface area contributed by atoms with Crippen molar-refractivity contribution in [1.82, 2.24) is 5.32 Å². The van der Waals surface area contributed by atoms with Crippen molar-refractivity contribution < 1.29 is 23.5 Å². The van der Waals surface area contributed by atoms with Crippen LogP contribution >= 0.6 is 15.9 Å². The van der Waals surface area contributed by atoms with E-state index in [0.29, 0.717) is 27.9 Å². The van der Waals surface area contributed by atoms with Crippen LogP contribution < -0.4 is 15.0 Å². The number of halogens is 2. The van der Waals surface area contributed by atoms with Crippen LogP contribution in [0.1, 0.15) is 23.6 Å². The number of barbiturate groups is 1. The number of amides is 4. The van der Waals surface area contributed by atoms with E-state index in [-0.39, 0.29) is 18.0 Å². The number of urea groups is 1. The third-order valence-corrected chi connectivity index (χ3v) is 5.91. The first kappa shape index (κ1) is 23.4. The Morgan fingerprint density at radius 2 is 1.76 bits per heavy atom. The lowest BCUT2D eigenvalue weighted by molar-refractivity contribution is -0.122. The van der Waals surface area contributed by atoms with Gasteiger partial charge in [-0.15, -0.1) is 0 Å². The quantitative estimate of drug-likeness (QED) is 0.347. The minimum absolute atomic E-state index is 0.155. The molecule has 0 saturated carbocycles. The maximum absolute atomic E-state index is 13.2. The lowest BCUT2D eigenvalue weighted by atomic mass is 10.0. The predicted octanol–water partition coefficient (Wildman–Crippen LogP) is 5.40. The van der Waals surface area contributed by atoms with Gasteiger partial charge in [0.05, 0.1) is 10.2 Å². The summed E-state index contributed by atoms with van der Waals surface area (Å²) in [5, 5.41) is 2.24. The number of anilines is 1. The van der Waals surface area contributed by atoms with E-state index >= 15 is 0 Å². The molecule has 4 rings (SSSR count). The number of para-hydroxylation sites is 1. The molecule has 1 fully saturated rings. The van der Waals surface area contributed by atoms with Crippen LogP contribution in [0.4, 0.5) is 14.9 Å². The summed E-state index contributed by atoms with van der Waals surface area (Å²) in [7, 11) is 0. The molecule has 0 aromatic heterocycles. The Morgan fingerprint density at radius 3 is 2.47 bits per heavy atom. The Bertz CT molecular complexity index is 1300. The van der Waals surface area contributed by atoms with Crippen LogP contribution in [0.5, 0.6) is 5.75 Å². The minimum atomic E-state index is -0.779. The van der Waals surface area contributed by atoms with E-state index in [1.165, 1.54) is 18.2 Å². The monoisotopic (exact) mass is 522 g/mol. The maximum atomic E-state index is 13.2. The molecule has 6 nitrogen and oxygen atoms in total. The molecule has 1 N–H and O–H groups in total. The molecule has 3 aromatic carbocycles. The molecule has 0 bridgehead atoms. The number of imide groups is 2. The third-order valence-electron chi connectivity index (χ3n) is 5.29. The van der Waals surface area contributed by atoms with Gasteiger partial charge in [-0.1, -0.05) is 43.3 Å². The van der Waals surface area contributed by atoms with Crippen LogP contribution in [-0.2, 0) is 22.6 Å². The Kier molecular flexibility index (Phi) is 6.88. The van der Waals surface area contributed by atoms with Gasteiger partial charge in [-0.05, 0) is 75.4 Å². The highest BCUT2D eigenvalue weighted by atomic mass is 79.9. The van der Waals surface area contributed by atoms with Crippen molar-refractivity contribution in [3.63, 3.8) is 0 Å². The number of nitrogens with zero attached hydrogens (tertiary/aromatic N) is 1. The van der Waals surface area contributed by atoms with Gasteiger partial charge in [0, 0.05) is 0 Å². The van der Waals surface area contributed by atoms with Gasteiger partial charge in [0.1, 0.15) is 23.7 Å². The SMILES string of the molecule is CCc1ccccc1N1C(=O)NC(=O)/C(=C/c2ccc(OCc3ccc(F)cc3)c(Br)c2)C1=O. The zero-order valence-corrected chi connectivity index (χ0v) is 19.8. The minimum Gasteiger partial charge on any atom is -0.488 e. The van der Waals surface area contributed by atoms with Crippen LogP contribution in [0.2, 0.25) is 0 Å². The third kappa shape index (κ3) is 4.92. The molecule has 34 heavy (non-hydrogen) atoms. The van der Waals surface area contributed by atoms with E-state index in [1.54, 1.807) is 42.5 Å². The Morgan fingerprint density at radius 1 is 1.03 bits per heavy atom.